The molecule has 0 atom stereocenters. The maximum atomic E-state index is 12.3. The number of hydrogen-bond acceptors (Lipinski definition) is 6. The minimum absolute atomic E-state index is 0.0284. The standard InChI is InChI=1S/C23H28N4O4/c1-17(28)18-3-5-19(6-4-18)24-22(29)15-26(2)16-23(30)25-20-7-9-21(10-8-20)27-11-13-31-14-12-27/h3-10H,11-16H2,1-2H3,(H,24,29)(H,25,30). The van der Waals surface area contributed by atoms with Crippen LogP contribution in [0.25, 0.3) is 0 Å². The van der Waals surface area contributed by atoms with Crippen LogP contribution in [0.4, 0.5) is 17.1 Å². The van der Waals surface area contributed by atoms with Gasteiger partial charge in [-0.3, -0.25) is 19.3 Å². The van der Waals surface area contributed by atoms with Crippen LogP contribution in [0.15, 0.2) is 48.5 Å². The Kier molecular flexibility index (Phi) is 7.75. The van der Waals surface area contributed by atoms with Gasteiger partial charge in [0, 0.05) is 35.7 Å². The fourth-order valence-corrected chi connectivity index (χ4v) is 3.31. The Hall–Kier alpha value is -3.23. The second-order valence-corrected chi connectivity index (χ2v) is 7.55. The van der Waals surface area contributed by atoms with E-state index in [4.69, 9.17) is 4.74 Å². The first-order chi connectivity index (χ1) is 14.9. The molecule has 31 heavy (non-hydrogen) atoms. The average molecular weight is 425 g/mol. The average Bonchev–Trinajstić information content (AvgIpc) is 2.75. The molecular weight excluding hydrogens is 396 g/mol. The number of amides is 2. The number of ether oxygens (including phenoxy) is 1. The van der Waals surface area contributed by atoms with E-state index in [-0.39, 0.29) is 30.7 Å². The highest BCUT2D eigenvalue weighted by molar-refractivity contribution is 5.96. The summed E-state index contributed by atoms with van der Waals surface area (Å²) in [6, 6.07) is 14.4. The summed E-state index contributed by atoms with van der Waals surface area (Å²) in [5, 5.41) is 5.62. The van der Waals surface area contributed by atoms with Crippen LogP contribution >= 0.6 is 0 Å². The van der Waals surface area contributed by atoms with Gasteiger partial charge in [-0.2, -0.15) is 0 Å². The summed E-state index contributed by atoms with van der Waals surface area (Å²) in [4.78, 5) is 39.7. The van der Waals surface area contributed by atoms with E-state index < -0.39 is 0 Å². The van der Waals surface area contributed by atoms with Crippen LogP contribution in [0, 0.1) is 0 Å². The first kappa shape index (κ1) is 22.5. The van der Waals surface area contributed by atoms with E-state index in [1.165, 1.54) is 6.92 Å². The number of morpholine rings is 1. The van der Waals surface area contributed by atoms with Crippen LogP contribution in [0.3, 0.4) is 0 Å². The molecule has 0 bridgehead atoms. The summed E-state index contributed by atoms with van der Waals surface area (Å²) in [6.07, 6.45) is 0. The van der Waals surface area contributed by atoms with E-state index in [2.05, 4.69) is 15.5 Å². The lowest BCUT2D eigenvalue weighted by Gasteiger charge is -2.28. The number of likely N-dealkylation sites (N-methyl/N-ethyl adjacent to an activating group) is 1. The van der Waals surface area contributed by atoms with Crippen molar-refractivity contribution in [1.29, 1.82) is 0 Å². The van der Waals surface area contributed by atoms with Crippen LogP contribution in [-0.2, 0) is 14.3 Å². The molecule has 2 amide bonds. The van der Waals surface area contributed by atoms with Gasteiger partial charge in [-0.15, -0.1) is 0 Å². The van der Waals surface area contributed by atoms with E-state index in [1.807, 2.05) is 24.3 Å². The van der Waals surface area contributed by atoms with Gasteiger partial charge >= 0.3 is 0 Å². The first-order valence-corrected chi connectivity index (χ1v) is 10.2. The van der Waals surface area contributed by atoms with Crippen molar-refractivity contribution in [2.45, 2.75) is 6.92 Å². The minimum Gasteiger partial charge on any atom is -0.378 e. The number of hydrogen-bond donors (Lipinski definition) is 2. The fraction of sp³-hybridized carbons (Fsp3) is 0.348. The number of carbonyl (C=O) groups is 3. The topological polar surface area (TPSA) is 91.0 Å². The second kappa shape index (κ2) is 10.7. The number of Topliss-reactive ketones (excluding diaryl/α,β-unsaturated/α-hetero) is 1. The third-order valence-corrected chi connectivity index (χ3v) is 4.93. The molecule has 2 aromatic carbocycles. The van der Waals surface area contributed by atoms with Crippen molar-refractivity contribution < 1.29 is 19.1 Å². The molecule has 0 radical (unpaired) electrons. The second-order valence-electron chi connectivity index (χ2n) is 7.55. The Morgan fingerprint density at radius 1 is 0.871 bits per heavy atom. The predicted octanol–water partition coefficient (Wildman–Crippen LogP) is 2.23. The van der Waals surface area contributed by atoms with E-state index in [1.54, 1.807) is 36.2 Å². The first-order valence-electron chi connectivity index (χ1n) is 10.2. The Morgan fingerprint density at radius 2 is 1.35 bits per heavy atom. The van der Waals surface area contributed by atoms with Crippen LogP contribution < -0.4 is 15.5 Å². The number of nitrogens with zero attached hydrogens (tertiary/aromatic N) is 2. The van der Waals surface area contributed by atoms with Gasteiger partial charge in [0.2, 0.25) is 11.8 Å². The lowest BCUT2D eigenvalue weighted by molar-refractivity contribution is -0.119. The third-order valence-electron chi connectivity index (χ3n) is 4.93. The van der Waals surface area contributed by atoms with Crippen LogP contribution in [0.1, 0.15) is 17.3 Å². The zero-order valence-electron chi connectivity index (χ0n) is 17.9. The number of rotatable bonds is 8. The molecule has 8 heteroatoms. The normalized spacial score (nSPS) is 13.7. The smallest absolute Gasteiger partial charge is 0.238 e. The molecule has 1 aliphatic heterocycles. The third kappa shape index (κ3) is 6.91. The predicted molar refractivity (Wildman–Crippen MR) is 121 cm³/mol. The van der Waals surface area contributed by atoms with Crippen molar-refractivity contribution in [1.82, 2.24) is 4.90 Å². The van der Waals surface area contributed by atoms with Gasteiger partial charge in [-0.1, -0.05) is 0 Å². The lowest BCUT2D eigenvalue weighted by atomic mass is 10.1. The van der Waals surface area contributed by atoms with Gasteiger partial charge in [0.25, 0.3) is 0 Å². The van der Waals surface area contributed by atoms with E-state index >= 15 is 0 Å². The Labute approximate surface area is 182 Å². The van der Waals surface area contributed by atoms with Gasteiger partial charge in [0.1, 0.15) is 0 Å². The highest BCUT2D eigenvalue weighted by Gasteiger charge is 2.13. The van der Waals surface area contributed by atoms with E-state index in [0.717, 1.165) is 32.0 Å². The molecule has 1 saturated heterocycles. The molecule has 0 aliphatic carbocycles. The molecule has 1 heterocycles. The maximum Gasteiger partial charge on any atom is 0.238 e. The maximum absolute atomic E-state index is 12.3. The molecule has 2 N–H and O–H groups in total. The van der Waals surface area contributed by atoms with E-state index in [0.29, 0.717) is 16.9 Å². The van der Waals surface area contributed by atoms with Gasteiger partial charge < -0.3 is 20.3 Å². The molecule has 164 valence electrons. The highest BCUT2D eigenvalue weighted by Crippen LogP contribution is 2.19. The summed E-state index contributed by atoms with van der Waals surface area (Å²) < 4.78 is 5.36. The molecule has 1 aliphatic rings. The molecule has 2 aromatic rings. The SMILES string of the molecule is CC(=O)c1ccc(NC(=O)CN(C)CC(=O)Nc2ccc(N3CCOCC3)cc2)cc1. The quantitative estimate of drug-likeness (QED) is 0.632. The van der Waals surface area contributed by atoms with Crippen LogP contribution in [0.2, 0.25) is 0 Å². The Bertz CT molecular complexity index is 906. The summed E-state index contributed by atoms with van der Waals surface area (Å²) in [5.41, 5.74) is 3.01. The van der Waals surface area contributed by atoms with Crippen molar-refractivity contribution in [3.63, 3.8) is 0 Å². The van der Waals surface area contributed by atoms with Crippen molar-refractivity contribution in [2.75, 3.05) is 62.0 Å². The number of nitrogens with one attached hydrogen (secondary N) is 2. The van der Waals surface area contributed by atoms with Crippen LogP contribution in [-0.4, -0.2) is 68.9 Å². The van der Waals surface area contributed by atoms with Crippen molar-refractivity contribution in [3.8, 4) is 0 Å². The summed E-state index contributed by atoms with van der Waals surface area (Å²) in [5.74, 6) is -0.458. The summed E-state index contributed by atoms with van der Waals surface area (Å²) in [7, 11) is 1.71. The number of carbonyl (C=O) groups excluding carboxylic acids is 3. The Balaban J connectivity index is 1.43. The molecular formula is C23H28N4O4. The molecule has 0 saturated carbocycles. The largest absolute Gasteiger partial charge is 0.378 e. The monoisotopic (exact) mass is 424 g/mol. The van der Waals surface area contributed by atoms with Crippen molar-refractivity contribution >= 4 is 34.7 Å². The summed E-state index contributed by atoms with van der Waals surface area (Å²) >= 11 is 0. The molecule has 0 unspecified atom stereocenters. The molecule has 3 rings (SSSR count). The summed E-state index contributed by atoms with van der Waals surface area (Å²) in [6.45, 7) is 4.81. The number of anilines is 3. The highest BCUT2D eigenvalue weighted by atomic mass is 16.5. The van der Waals surface area contributed by atoms with E-state index in [9.17, 15) is 14.4 Å². The lowest BCUT2D eigenvalue weighted by Crippen LogP contribution is -2.36. The minimum atomic E-state index is -0.235. The molecule has 1 fully saturated rings. The van der Waals surface area contributed by atoms with Gasteiger partial charge in [-0.05, 0) is 62.5 Å². The van der Waals surface area contributed by atoms with Gasteiger partial charge in [0.15, 0.2) is 5.78 Å². The van der Waals surface area contributed by atoms with Gasteiger partial charge in [0.05, 0.1) is 26.3 Å². The molecule has 0 spiro atoms. The van der Waals surface area contributed by atoms with Crippen molar-refractivity contribution in [3.05, 3.63) is 54.1 Å². The van der Waals surface area contributed by atoms with Crippen molar-refractivity contribution in [2.24, 2.45) is 0 Å². The van der Waals surface area contributed by atoms with Crippen LogP contribution in [0.5, 0.6) is 0 Å². The Morgan fingerprint density at radius 3 is 1.84 bits per heavy atom. The number of benzene rings is 2. The molecule has 0 aromatic heterocycles. The zero-order valence-corrected chi connectivity index (χ0v) is 17.9. The van der Waals surface area contributed by atoms with Gasteiger partial charge in [-0.25, -0.2) is 0 Å². The number of ketones is 1. The molecule has 8 nitrogen and oxygen atoms in total. The zero-order chi connectivity index (χ0) is 22.2. The fourth-order valence-electron chi connectivity index (χ4n) is 3.31.